The molecule has 1 aliphatic rings. The van der Waals surface area contributed by atoms with Crippen LogP contribution in [0.1, 0.15) is 24.0 Å². The Morgan fingerprint density at radius 3 is 2.18 bits per heavy atom. The largest absolute Gasteiger partial charge is 0.499 e. The van der Waals surface area contributed by atoms with Crippen LogP contribution in [0.5, 0.6) is 0 Å². The van der Waals surface area contributed by atoms with Crippen molar-refractivity contribution in [3.8, 4) is 0 Å². The van der Waals surface area contributed by atoms with Gasteiger partial charge in [0, 0.05) is 18.7 Å². The molecule has 0 aliphatic carbocycles. The molecule has 1 unspecified atom stereocenters. The van der Waals surface area contributed by atoms with Gasteiger partial charge in [-0.2, -0.15) is 0 Å². The number of rotatable bonds is 7. The number of nitrogens with zero attached hydrogens (tertiary/aromatic N) is 1. The SMILES string of the molecule is O=C(O)C1CCCN(CCOC=C(c2ccc(F)cc2)c2ccc(F)cc2)C1. The van der Waals surface area contributed by atoms with Gasteiger partial charge < -0.3 is 9.84 Å². The first-order valence-corrected chi connectivity index (χ1v) is 9.32. The number of carboxylic acid groups (broad SMARTS) is 1. The van der Waals surface area contributed by atoms with E-state index in [0.717, 1.165) is 29.7 Å². The number of halogens is 2. The van der Waals surface area contributed by atoms with Gasteiger partial charge in [-0.05, 0) is 54.8 Å². The van der Waals surface area contributed by atoms with Crippen molar-refractivity contribution in [3.63, 3.8) is 0 Å². The fourth-order valence-corrected chi connectivity index (χ4v) is 3.35. The Bertz CT molecular complexity index is 771. The zero-order valence-corrected chi connectivity index (χ0v) is 15.5. The Morgan fingerprint density at radius 2 is 1.64 bits per heavy atom. The molecule has 28 heavy (non-hydrogen) atoms. The molecule has 2 aromatic rings. The van der Waals surface area contributed by atoms with Crippen LogP contribution in [0.15, 0.2) is 54.8 Å². The maximum atomic E-state index is 13.3. The van der Waals surface area contributed by atoms with Gasteiger partial charge in [0.05, 0.1) is 12.2 Å². The van der Waals surface area contributed by atoms with E-state index >= 15 is 0 Å². The first kappa shape index (κ1) is 20.0. The third kappa shape index (κ3) is 5.39. The van der Waals surface area contributed by atoms with Gasteiger partial charge in [0.1, 0.15) is 18.2 Å². The molecule has 0 aromatic heterocycles. The lowest BCUT2D eigenvalue weighted by atomic mass is 9.98. The van der Waals surface area contributed by atoms with Crippen molar-refractivity contribution in [2.24, 2.45) is 5.92 Å². The number of benzene rings is 2. The van der Waals surface area contributed by atoms with Crippen molar-refractivity contribution in [1.82, 2.24) is 4.90 Å². The van der Waals surface area contributed by atoms with Crippen LogP contribution in [-0.4, -0.2) is 42.2 Å². The maximum Gasteiger partial charge on any atom is 0.307 e. The Labute approximate surface area is 163 Å². The van der Waals surface area contributed by atoms with E-state index in [1.165, 1.54) is 24.3 Å². The minimum atomic E-state index is -0.750. The lowest BCUT2D eigenvalue weighted by Crippen LogP contribution is -2.40. The van der Waals surface area contributed by atoms with Gasteiger partial charge >= 0.3 is 5.97 Å². The van der Waals surface area contributed by atoms with E-state index < -0.39 is 5.97 Å². The van der Waals surface area contributed by atoms with Gasteiger partial charge in [-0.15, -0.1) is 0 Å². The Morgan fingerprint density at radius 1 is 1.07 bits per heavy atom. The summed E-state index contributed by atoms with van der Waals surface area (Å²) in [6.07, 6.45) is 3.17. The third-order valence-corrected chi connectivity index (χ3v) is 4.89. The first-order chi connectivity index (χ1) is 13.5. The van der Waals surface area contributed by atoms with Crippen LogP contribution in [0.25, 0.3) is 5.57 Å². The molecule has 0 amide bonds. The fourth-order valence-electron chi connectivity index (χ4n) is 3.35. The Hall–Kier alpha value is -2.73. The number of hydrogen-bond donors (Lipinski definition) is 1. The van der Waals surface area contributed by atoms with E-state index in [9.17, 15) is 18.7 Å². The molecule has 3 rings (SSSR count). The van der Waals surface area contributed by atoms with Gasteiger partial charge in [0.25, 0.3) is 0 Å². The number of carbonyl (C=O) groups is 1. The van der Waals surface area contributed by atoms with E-state index in [0.29, 0.717) is 26.1 Å². The van der Waals surface area contributed by atoms with Crippen molar-refractivity contribution < 1.29 is 23.4 Å². The van der Waals surface area contributed by atoms with E-state index in [2.05, 4.69) is 4.90 Å². The zero-order chi connectivity index (χ0) is 19.9. The number of likely N-dealkylation sites (tertiary alicyclic amines) is 1. The van der Waals surface area contributed by atoms with Gasteiger partial charge in [-0.1, -0.05) is 24.3 Å². The molecule has 6 heteroatoms. The average Bonchev–Trinajstić information content (AvgIpc) is 2.70. The maximum absolute atomic E-state index is 13.3. The molecular weight excluding hydrogens is 364 g/mol. The van der Waals surface area contributed by atoms with E-state index in [1.807, 2.05) is 0 Å². The molecule has 1 heterocycles. The minimum absolute atomic E-state index is 0.321. The molecule has 1 aliphatic heterocycles. The van der Waals surface area contributed by atoms with Crippen LogP contribution in [0.3, 0.4) is 0 Å². The van der Waals surface area contributed by atoms with Gasteiger partial charge in [0.15, 0.2) is 0 Å². The molecule has 0 saturated carbocycles. The minimum Gasteiger partial charge on any atom is -0.499 e. The predicted octanol–water partition coefficient (Wildman–Crippen LogP) is 4.17. The van der Waals surface area contributed by atoms with Crippen LogP contribution in [0, 0.1) is 17.6 Å². The average molecular weight is 387 g/mol. The van der Waals surface area contributed by atoms with Crippen LogP contribution in [-0.2, 0) is 9.53 Å². The molecule has 1 fully saturated rings. The molecule has 0 bridgehead atoms. The molecule has 4 nitrogen and oxygen atoms in total. The van der Waals surface area contributed by atoms with Crippen LogP contribution in [0.2, 0.25) is 0 Å². The quantitative estimate of drug-likeness (QED) is 0.572. The van der Waals surface area contributed by atoms with Crippen molar-refractivity contribution in [2.45, 2.75) is 12.8 Å². The fraction of sp³-hybridized carbons (Fsp3) is 0.318. The standard InChI is InChI=1S/C22H23F2NO3/c23-19-7-3-16(4-8-19)21(17-5-9-20(24)10-6-17)15-28-13-12-25-11-1-2-18(14-25)22(26)27/h3-10,15,18H,1-2,11-14H2,(H,26,27). The monoisotopic (exact) mass is 387 g/mol. The summed E-state index contributed by atoms with van der Waals surface area (Å²) < 4.78 is 32.2. The molecular formula is C22H23F2NO3. The Balaban J connectivity index is 1.66. The number of piperidine rings is 1. The normalized spacial score (nSPS) is 17.1. The van der Waals surface area contributed by atoms with Crippen molar-refractivity contribution in [1.29, 1.82) is 0 Å². The van der Waals surface area contributed by atoms with Crippen molar-refractivity contribution in [2.75, 3.05) is 26.2 Å². The molecule has 148 valence electrons. The van der Waals surface area contributed by atoms with Gasteiger partial charge in [-0.3, -0.25) is 9.69 Å². The van der Waals surface area contributed by atoms with Gasteiger partial charge in [0.2, 0.25) is 0 Å². The second-order valence-electron chi connectivity index (χ2n) is 6.89. The summed E-state index contributed by atoms with van der Waals surface area (Å²) in [6.45, 7) is 2.42. The van der Waals surface area contributed by atoms with Gasteiger partial charge in [-0.25, -0.2) is 8.78 Å². The molecule has 1 N–H and O–H groups in total. The lowest BCUT2D eigenvalue weighted by Gasteiger charge is -2.30. The highest BCUT2D eigenvalue weighted by atomic mass is 19.1. The topological polar surface area (TPSA) is 49.8 Å². The summed E-state index contributed by atoms with van der Waals surface area (Å²) in [7, 11) is 0. The summed E-state index contributed by atoms with van der Waals surface area (Å²) in [4.78, 5) is 13.2. The summed E-state index contributed by atoms with van der Waals surface area (Å²) in [5.74, 6) is -1.74. The van der Waals surface area contributed by atoms with Crippen LogP contribution < -0.4 is 0 Å². The van der Waals surface area contributed by atoms with E-state index in [4.69, 9.17) is 4.74 Å². The number of ether oxygens (including phenoxy) is 1. The van der Waals surface area contributed by atoms with Crippen molar-refractivity contribution >= 4 is 11.5 Å². The highest BCUT2D eigenvalue weighted by Crippen LogP contribution is 2.24. The molecule has 1 saturated heterocycles. The van der Waals surface area contributed by atoms with E-state index in [-0.39, 0.29) is 17.6 Å². The summed E-state index contributed by atoms with van der Waals surface area (Å²) >= 11 is 0. The number of hydrogen-bond acceptors (Lipinski definition) is 3. The number of carboxylic acids is 1. The van der Waals surface area contributed by atoms with Crippen LogP contribution >= 0.6 is 0 Å². The molecule has 2 aromatic carbocycles. The van der Waals surface area contributed by atoms with E-state index in [1.54, 1.807) is 30.5 Å². The number of aliphatic carboxylic acids is 1. The summed E-state index contributed by atoms with van der Waals surface area (Å²) in [5, 5.41) is 9.17. The zero-order valence-electron chi connectivity index (χ0n) is 15.5. The predicted molar refractivity (Wildman–Crippen MR) is 103 cm³/mol. The first-order valence-electron chi connectivity index (χ1n) is 9.32. The second-order valence-corrected chi connectivity index (χ2v) is 6.89. The molecule has 1 atom stereocenters. The smallest absolute Gasteiger partial charge is 0.307 e. The second kappa shape index (κ2) is 9.46. The Kier molecular flexibility index (Phi) is 6.76. The third-order valence-electron chi connectivity index (χ3n) is 4.89. The van der Waals surface area contributed by atoms with Crippen molar-refractivity contribution in [3.05, 3.63) is 77.6 Å². The van der Waals surface area contributed by atoms with Crippen LogP contribution in [0.4, 0.5) is 8.78 Å². The summed E-state index contributed by atoms with van der Waals surface area (Å²) in [5.41, 5.74) is 2.25. The highest BCUT2D eigenvalue weighted by Gasteiger charge is 2.24. The lowest BCUT2D eigenvalue weighted by molar-refractivity contribution is -0.143. The highest BCUT2D eigenvalue weighted by molar-refractivity contribution is 5.79. The molecule has 0 spiro atoms. The summed E-state index contributed by atoms with van der Waals surface area (Å²) in [6, 6.07) is 12.1. The molecule has 0 radical (unpaired) electrons.